The molecule has 31 heavy (non-hydrogen) atoms. The Morgan fingerprint density at radius 1 is 1.03 bits per heavy atom. The number of carbonyl (C=O) groups excluding carboxylic acids is 2. The van der Waals surface area contributed by atoms with Crippen molar-refractivity contribution in [1.82, 2.24) is 0 Å². The van der Waals surface area contributed by atoms with Gasteiger partial charge in [-0.1, -0.05) is 30.3 Å². The van der Waals surface area contributed by atoms with E-state index >= 15 is 0 Å². The summed E-state index contributed by atoms with van der Waals surface area (Å²) < 4.78 is 13.5. The second-order valence-electron chi connectivity index (χ2n) is 7.83. The molecule has 0 spiro atoms. The third kappa shape index (κ3) is 3.72. The van der Waals surface area contributed by atoms with Gasteiger partial charge in [0.05, 0.1) is 12.3 Å². The molecule has 2 heterocycles. The van der Waals surface area contributed by atoms with Crippen LogP contribution in [0.2, 0.25) is 0 Å². The minimum Gasteiger partial charge on any atom is -0.294 e. The molecule has 0 bridgehead atoms. The van der Waals surface area contributed by atoms with E-state index in [1.807, 2.05) is 18.2 Å². The Labute approximate surface area is 184 Å². The zero-order valence-electron chi connectivity index (χ0n) is 16.9. The van der Waals surface area contributed by atoms with Gasteiger partial charge in [-0.2, -0.15) is 0 Å². The van der Waals surface area contributed by atoms with Crippen LogP contribution in [0.15, 0.2) is 59.6 Å². The molecule has 156 valence electrons. The quantitative estimate of drug-likeness (QED) is 0.555. The number of rotatable bonds is 4. The van der Waals surface area contributed by atoms with Gasteiger partial charge in [0, 0.05) is 21.6 Å². The van der Waals surface area contributed by atoms with Crippen molar-refractivity contribution >= 4 is 33.7 Å². The van der Waals surface area contributed by atoms with Crippen molar-refractivity contribution in [3.8, 4) is 0 Å². The number of fused-ring (bicyclic) bond motifs is 3. The highest BCUT2D eigenvalue weighted by atomic mass is 32.1. The number of ketones is 1. The largest absolute Gasteiger partial charge is 0.294 e. The van der Waals surface area contributed by atoms with E-state index in [1.165, 1.54) is 22.6 Å². The Morgan fingerprint density at radius 3 is 2.55 bits per heavy atom. The molecule has 1 aliphatic heterocycles. The average Bonchev–Trinajstić information content (AvgIpc) is 3.12. The van der Waals surface area contributed by atoms with E-state index in [0.29, 0.717) is 5.56 Å². The summed E-state index contributed by atoms with van der Waals surface area (Å²) in [6.07, 6.45) is 4.10. The zero-order chi connectivity index (χ0) is 21.4. The molecule has 0 fully saturated rings. The maximum Gasteiger partial charge on any atom is 0.249 e. The molecule has 4 nitrogen and oxygen atoms in total. The fraction of sp³-hybridized carbons (Fsp3) is 0.240. The maximum atomic E-state index is 13.5. The van der Waals surface area contributed by atoms with Crippen molar-refractivity contribution in [2.24, 2.45) is 4.99 Å². The van der Waals surface area contributed by atoms with E-state index < -0.39 is 0 Å². The van der Waals surface area contributed by atoms with Crippen LogP contribution in [0.1, 0.15) is 44.8 Å². The molecule has 0 radical (unpaired) electrons. The Kier molecular flexibility index (Phi) is 5.24. The highest BCUT2D eigenvalue weighted by Gasteiger charge is 2.33. The van der Waals surface area contributed by atoms with E-state index in [1.54, 1.807) is 40.5 Å². The molecule has 0 saturated carbocycles. The summed E-state index contributed by atoms with van der Waals surface area (Å²) in [6, 6.07) is 15.3. The van der Waals surface area contributed by atoms with Crippen LogP contribution in [0.3, 0.4) is 0 Å². The van der Waals surface area contributed by atoms with Crippen LogP contribution in [0.4, 0.5) is 9.39 Å². The van der Waals surface area contributed by atoms with Crippen molar-refractivity contribution in [1.29, 1.82) is 0 Å². The lowest BCUT2D eigenvalue weighted by molar-refractivity contribution is -0.117. The van der Waals surface area contributed by atoms with Gasteiger partial charge in [0.25, 0.3) is 0 Å². The number of hydrogen-bond acceptors (Lipinski definition) is 4. The van der Waals surface area contributed by atoms with Crippen LogP contribution in [0.5, 0.6) is 0 Å². The molecule has 1 aromatic heterocycles. The number of anilines is 1. The second-order valence-corrected chi connectivity index (χ2v) is 8.92. The molecule has 0 unspecified atom stereocenters. The molecule has 1 aliphatic carbocycles. The lowest BCUT2D eigenvalue weighted by Crippen LogP contribution is -2.36. The molecular formula is C25H21FN2O2S. The van der Waals surface area contributed by atoms with Crippen molar-refractivity contribution in [3.05, 3.63) is 87.5 Å². The minimum absolute atomic E-state index is 0.0124. The number of hydrogen-bond donors (Lipinski definition) is 0. The van der Waals surface area contributed by atoms with E-state index in [4.69, 9.17) is 0 Å². The Balaban J connectivity index is 1.61. The number of Topliss-reactive ketones (excluding diaryl/α,β-unsaturated/α-hetero) is 1. The number of amides is 1. The van der Waals surface area contributed by atoms with Crippen LogP contribution in [0.25, 0.3) is 0 Å². The number of aliphatic imine (C=N–C) groups is 1. The fourth-order valence-electron chi connectivity index (χ4n) is 4.27. The molecule has 1 amide bonds. The Hall–Kier alpha value is -3.12. The van der Waals surface area contributed by atoms with Crippen LogP contribution in [-0.4, -0.2) is 30.5 Å². The SMILES string of the molecule is O=C(CN1C(=O)CN=C(c2ccc(F)cc2)c2c1sc1c2CCCC1)c1ccccc1. The van der Waals surface area contributed by atoms with E-state index in [-0.39, 0.29) is 30.6 Å². The number of thiophene rings is 1. The van der Waals surface area contributed by atoms with Gasteiger partial charge >= 0.3 is 0 Å². The number of aryl methyl sites for hydroxylation is 1. The lowest BCUT2D eigenvalue weighted by Gasteiger charge is -2.20. The van der Waals surface area contributed by atoms with Gasteiger partial charge in [0.15, 0.2) is 5.78 Å². The topological polar surface area (TPSA) is 49.7 Å². The molecular weight excluding hydrogens is 411 g/mol. The molecule has 0 N–H and O–H groups in total. The zero-order valence-corrected chi connectivity index (χ0v) is 17.8. The van der Waals surface area contributed by atoms with Crippen LogP contribution in [0, 0.1) is 5.82 Å². The first-order valence-corrected chi connectivity index (χ1v) is 11.3. The van der Waals surface area contributed by atoms with Gasteiger partial charge in [-0.05, 0) is 55.5 Å². The second kappa shape index (κ2) is 8.19. The summed E-state index contributed by atoms with van der Waals surface area (Å²) in [7, 11) is 0. The van der Waals surface area contributed by atoms with Crippen molar-refractivity contribution in [2.75, 3.05) is 18.0 Å². The molecule has 2 aliphatic rings. The summed E-state index contributed by atoms with van der Waals surface area (Å²) in [5.41, 5.74) is 4.26. The van der Waals surface area contributed by atoms with Gasteiger partial charge in [-0.25, -0.2) is 4.39 Å². The number of halogens is 1. The van der Waals surface area contributed by atoms with Crippen molar-refractivity contribution in [3.63, 3.8) is 0 Å². The summed E-state index contributed by atoms with van der Waals surface area (Å²) >= 11 is 1.60. The average molecular weight is 433 g/mol. The van der Waals surface area contributed by atoms with Crippen molar-refractivity contribution in [2.45, 2.75) is 25.7 Å². The first-order valence-electron chi connectivity index (χ1n) is 10.5. The smallest absolute Gasteiger partial charge is 0.249 e. The predicted molar refractivity (Wildman–Crippen MR) is 121 cm³/mol. The first-order chi connectivity index (χ1) is 15.1. The first kappa shape index (κ1) is 19.8. The molecule has 5 rings (SSSR count). The number of benzene rings is 2. The van der Waals surface area contributed by atoms with Gasteiger partial charge in [-0.15, -0.1) is 11.3 Å². The van der Waals surface area contributed by atoms with Crippen molar-refractivity contribution < 1.29 is 14.0 Å². The van der Waals surface area contributed by atoms with Gasteiger partial charge in [0.2, 0.25) is 5.91 Å². The van der Waals surface area contributed by atoms with E-state index in [9.17, 15) is 14.0 Å². The van der Waals surface area contributed by atoms with Gasteiger partial charge in [0.1, 0.15) is 17.4 Å². The fourth-order valence-corrected chi connectivity index (χ4v) is 5.68. The van der Waals surface area contributed by atoms with Gasteiger partial charge in [-0.3, -0.25) is 19.5 Å². The normalized spacial score (nSPS) is 15.7. The molecule has 0 saturated heterocycles. The maximum absolute atomic E-state index is 13.5. The Morgan fingerprint density at radius 2 is 1.77 bits per heavy atom. The Bertz CT molecular complexity index is 1180. The summed E-state index contributed by atoms with van der Waals surface area (Å²) in [4.78, 5) is 33.6. The predicted octanol–water partition coefficient (Wildman–Crippen LogP) is 4.83. The molecule has 3 aromatic rings. The molecule has 0 atom stereocenters. The number of nitrogens with zero attached hydrogens (tertiary/aromatic N) is 2. The number of carbonyl (C=O) groups is 2. The monoisotopic (exact) mass is 432 g/mol. The summed E-state index contributed by atoms with van der Waals surface area (Å²) in [5, 5.41) is 0.793. The standard InChI is InChI=1S/C25H21FN2O2S/c26-18-12-10-17(11-13-18)24-23-19-8-4-5-9-21(19)31-25(23)28(22(30)14-27-24)15-20(29)16-6-2-1-3-7-16/h1-3,6-7,10-13H,4-5,8-9,14-15H2. The van der Waals surface area contributed by atoms with Crippen LogP contribution < -0.4 is 4.90 Å². The van der Waals surface area contributed by atoms with Crippen LogP contribution in [-0.2, 0) is 17.6 Å². The van der Waals surface area contributed by atoms with E-state index in [0.717, 1.165) is 47.5 Å². The highest BCUT2D eigenvalue weighted by Crippen LogP contribution is 2.42. The third-order valence-corrected chi connectivity index (χ3v) is 7.14. The summed E-state index contributed by atoms with van der Waals surface area (Å²) in [6.45, 7) is -0.0492. The minimum atomic E-state index is -0.309. The third-order valence-electron chi connectivity index (χ3n) is 5.82. The molecule has 2 aromatic carbocycles. The highest BCUT2D eigenvalue weighted by molar-refractivity contribution is 7.17. The van der Waals surface area contributed by atoms with Gasteiger partial charge < -0.3 is 0 Å². The summed E-state index contributed by atoms with van der Waals surface area (Å²) in [5.74, 6) is -0.602. The molecule has 6 heteroatoms. The lowest BCUT2D eigenvalue weighted by atomic mass is 9.91. The van der Waals surface area contributed by atoms with E-state index in [2.05, 4.69) is 4.99 Å². The van der Waals surface area contributed by atoms with Crippen LogP contribution >= 0.6 is 11.3 Å².